The van der Waals surface area contributed by atoms with E-state index in [1.807, 2.05) is 29.2 Å². The van der Waals surface area contributed by atoms with Crippen LogP contribution in [0.15, 0.2) is 24.3 Å². The third kappa shape index (κ3) is 5.81. The Bertz CT molecular complexity index is 507. The van der Waals surface area contributed by atoms with Crippen LogP contribution in [-0.4, -0.2) is 61.6 Å². The first-order valence-electron chi connectivity index (χ1n) is 8.13. The lowest BCUT2D eigenvalue weighted by atomic mass is 10.1. The molecule has 2 heterocycles. The Morgan fingerprint density at radius 3 is 2.46 bits per heavy atom. The topological polar surface area (TPSA) is 58.8 Å². The van der Waals surface area contributed by atoms with Gasteiger partial charge in [-0.1, -0.05) is 12.1 Å². The number of hydrogen-bond donors (Lipinski definition) is 1. The average Bonchev–Trinajstić information content (AvgIpc) is 2.99. The molecule has 1 aromatic rings. The fourth-order valence-electron chi connectivity index (χ4n) is 3.28. The predicted octanol–water partition coefficient (Wildman–Crippen LogP) is 1.84. The third-order valence-corrected chi connectivity index (χ3v) is 4.59. The summed E-state index contributed by atoms with van der Waals surface area (Å²) in [5, 5.41) is 0. The maximum Gasteiger partial charge on any atom is 0.226 e. The summed E-state index contributed by atoms with van der Waals surface area (Å²) in [6.07, 6.45) is 1.59. The van der Waals surface area contributed by atoms with Gasteiger partial charge in [0.1, 0.15) is 0 Å². The van der Waals surface area contributed by atoms with E-state index in [9.17, 15) is 4.79 Å². The first-order valence-corrected chi connectivity index (χ1v) is 8.13. The van der Waals surface area contributed by atoms with E-state index in [-0.39, 0.29) is 30.7 Å². The fraction of sp³-hybridized carbons (Fsp3) is 0.588. The second kappa shape index (κ2) is 10.1. The smallest absolute Gasteiger partial charge is 0.226 e. The van der Waals surface area contributed by atoms with Gasteiger partial charge in [-0.3, -0.25) is 9.69 Å². The van der Waals surface area contributed by atoms with Gasteiger partial charge < -0.3 is 15.4 Å². The molecule has 0 bridgehead atoms. The van der Waals surface area contributed by atoms with E-state index in [1.54, 1.807) is 0 Å². The van der Waals surface area contributed by atoms with Crippen LogP contribution < -0.4 is 5.73 Å². The van der Waals surface area contributed by atoms with Crippen molar-refractivity contribution >= 4 is 36.4 Å². The SMILES string of the molecule is Cl.Cl.Nc1ccc(CC(=O)N2CCC(CN3CCOCC3)C2)cc1. The summed E-state index contributed by atoms with van der Waals surface area (Å²) in [7, 11) is 0. The summed E-state index contributed by atoms with van der Waals surface area (Å²) < 4.78 is 5.38. The van der Waals surface area contributed by atoms with Crippen molar-refractivity contribution < 1.29 is 9.53 Å². The van der Waals surface area contributed by atoms with Gasteiger partial charge in [0.25, 0.3) is 0 Å². The van der Waals surface area contributed by atoms with Gasteiger partial charge in [0.2, 0.25) is 5.91 Å². The number of hydrogen-bond acceptors (Lipinski definition) is 4. The van der Waals surface area contributed by atoms with Gasteiger partial charge in [0.05, 0.1) is 19.6 Å². The first kappa shape index (κ1) is 21.0. The van der Waals surface area contributed by atoms with Crippen LogP contribution in [0.4, 0.5) is 5.69 Å². The number of ether oxygens (including phenoxy) is 1. The molecule has 1 unspecified atom stereocenters. The molecule has 1 atom stereocenters. The summed E-state index contributed by atoms with van der Waals surface area (Å²) in [5.74, 6) is 0.836. The first-order chi connectivity index (χ1) is 10.7. The quantitative estimate of drug-likeness (QED) is 0.815. The molecule has 0 saturated carbocycles. The van der Waals surface area contributed by atoms with Crippen LogP contribution in [0.2, 0.25) is 0 Å². The van der Waals surface area contributed by atoms with Crippen molar-refractivity contribution in [3.63, 3.8) is 0 Å². The van der Waals surface area contributed by atoms with Crippen LogP contribution in [0, 0.1) is 5.92 Å². The number of amides is 1. The van der Waals surface area contributed by atoms with Crippen LogP contribution in [-0.2, 0) is 16.0 Å². The highest BCUT2D eigenvalue weighted by Crippen LogP contribution is 2.19. The van der Waals surface area contributed by atoms with Gasteiger partial charge in [0.15, 0.2) is 0 Å². The molecule has 2 aliphatic heterocycles. The van der Waals surface area contributed by atoms with E-state index in [2.05, 4.69) is 4.90 Å². The zero-order chi connectivity index (χ0) is 15.4. The van der Waals surface area contributed by atoms with Gasteiger partial charge in [-0.15, -0.1) is 24.8 Å². The van der Waals surface area contributed by atoms with Crippen LogP contribution in [0.1, 0.15) is 12.0 Å². The maximum absolute atomic E-state index is 12.4. The summed E-state index contributed by atoms with van der Waals surface area (Å²) in [6.45, 7) is 6.60. The van der Waals surface area contributed by atoms with Crippen molar-refractivity contribution in [2.45, 2.75) is 12.8 Å². The van der Waals surface area contributed by atoms with Gasteiger partial charge in [-0.25, -0.2) is 0 Å². The Hall–Kier alpha value is -1.01. The summed E-state index contributed by atoms with van der Waals surface area (Å²) in [4.78, 5) is 16.9. The van der Waals surface area contributed by atoms with Gasteiger partial charge in [0, 0.05) is 38.4 Å². The molecular weight excluding hydrogens is 349 g/mol. The third-order valence-electron chi connectivity index (χ3n) is 4.59. The molecule has 0 aliphatic carbocycles. The summed E-state index contributed by atoms with van der Waals surface area (Å²) >= 11 is 0. The minimum Gasteiger partial charge on any atom is -0.399 e. The zero-order valence-electron chi connectivity index (χ0n) is 13.9. The van der Waals surface area contributed by atoms with Crippen LogP contribution in [0.3, 0.4) is 0 Å². The van der Waals surface area contributed by atoms with Gasteiger partial charge in [-0.05, 0) is 30.0 Å². The molecule has 0 radical (unpaired) electrons. The number of halogens is 2. The van der Waals surface area contributed by atoms with Gasteiger partial charge >= 0.3 is 0 Å². The largest absolute Gasteiger partial charge is 0.399 e. The Balaban J connectivity index is 0.00000144. The van der Waals surface area contributed by atoms with E-state index >= 15 is 0 Å². The van der Waals surface area contributed by atoms with Crippen molar-refractivity contribution in [1.29, 1.82) is 0 Å². The molecular formula is C17H27Cl2N3O2. The lowest BCUT2D eigenvalue weighted by Gasteiger charge is -2.29. The number of nitrogen functional groups attached to an aromatic ring is 1. The molecule has 136 valence electrons. The molecule has 7 heteroatoms. The minimum atomic E-state index is 0. The van der Waals surface area contributed by atoms with Crippen molar-refractivity contribution in [3.05, 3.63) is 29.8 Å². The second-order valence-electron chi connectivity index (χ2n) is 6.33. The van der Waals surface area contributed by atoms with Crippen molar-refractivity contribution in [3.8, 4) is 0 Å². The number of morpholine rings is 1. The van der Waals surface area contributed by atoms with Gasteiger partial charge in [-0.2, -0.15) is 0 Å². The molecule has 1 amide bonds. The normalized spacial score (nSPS) is 21.0. The van der Waals surface area contributed by atoms with Crippen molar-refractivity contribution in [1.82, 2.24) is 9.80 Å². The highest BCUT2D eigenvalue weighted by Gasteiger charge is 2.27. The van der Waals surface area contributed by atoms with Crippen LogP contribution >= 0.6 is 24.8 Å². The average molecular weight is 376 g/mol. The Morgan fingerprint density at radius 2 is 1.79 bits per heavy atom. The molecule has 2 aliphatic rings. The molecule has 2 N–H and O–H groups in total. The predicted molar refractivity (Wildman–Crippen MR) is 101 cm³/mol. The lowest BCUT2D eigenvalue weighted by Crippen LogP contribution is -2.40. The van der Waals surface area contributed by atoms with E-state index in [0.717, 1.165) is 63.6 Å². The molecule has 3 rings (SSSR count). The number of nitrogens with zero attached hydrogens (tertiary/aromatic N) is 2. The summed E-state index contributed by atoms with van der Waals surface area (Å²) in [6, 6.07) is 7.59. The maximum atomic E-state index is 12.4. The van der Waals surface area contributed by atoms with Crippen molar-refractivity contribution in [2.24, 2.45) is 5.92 Å². The Kier molecular flexibility index (Phi) is 8.84. The lowest BCUT2D eigenvalue weighted by molar-refractivity contribution is -0.129. The molecule has 2 fully saturated rings. The van der Waals surface area contributed by atoms with E-state index in [1.165, 1.54) is 0 Å². The number of rotatable bonds is 4. The molecule has 24 heavy (non-hydrogen) atoms. The number of carbonyl (C=O) groups is 1. The Morgan fingerprint density at radius 1 is 1.12 bits per heavy atom. The van der Waals surface area contributed by atoms with Crippen molar-refractivity contribution in [2.75, 3.05) is 51.7 Å². The minimum absolute atomic E-state index is 0. The van der Waals surface area contributed by atoms with E-state index in [0.29, 0.717) is 12.3 Å². The number of nitrogens with two attached hydrogens (primary N) is 1. The zero-order valence-corrected chi connectivity index (χ0v) is 15.5. The molecule has 0 spiro atoms. The highest BCUT2D eigenvalue weighted by atomic mass is 35.5. The van der Waals surface area contributed by atoms with Crippen LogP contribution in [0.25, 0.3) is 0 Å². The Labute approximate surface area is 156 Å². The van der Waals surface area contributed by atoms with E-state index in [4.69, 9.17) is 10.5 Å². The fourth-order valence-corrected chi connectivity index (χ4v) is 3.28. The molecule has 0 aromatic heterocycles. The number of benzene rings is 1. The standard InChI is InChI=1S/C17H25N3O2.2ClH/c18-16-3-1-14(2-4-16)11-17(21)20-6-5-15(13-20)12-19-7-9-22-10-8-19;;/h1-4,15H,5-13,18H2;2*1H. The molecule has 2 saturated heterocycles. The number of anilines is 1. The van der Waals surface area contributed by atoms with E-state index < -0.39 is 0 Å². The second-order valence-corrected chi connectivity index (χ2v) is 6.33. The van der Waals surface area contributed by atoms with Crippen LogP contribution in [0.5, 0.6) is 0 Å². The number of likely N-dealkylation sites (tertiary alicyclic amines) is 1. The number of carbonyl (C=O) groups excluding carboxylic acids is 1. The summed E-state index contributed by atoms with van der Waals surface area (Å²) in [5.41, 5.74) is 7.45. The monoisotopic (exact) mass is 375 g/mol. The highest BCUT2D eigenvalue weighted by molar-refractivity contribution is 5.85. The molecule has 1 aromatic carbocycles. The molecule has 5 nitrogen and oxygen atoms in total.